The predicted molar refractivity (Wildman–Crippen MR) is 108 cm³/mol. The van der Waals surface area contributed by atoms with E-state index in [1.807, 2.05) is 7.05 Å². The van der Waals surface area contributed by atoms with Crippen LogP contribution in [0.4, 0.5) is 0 Å². The smallest absolute Gasteiger partial charge is 0.353 e. The molecule has 2 heterocycles. The van der Waals surface area contributed by atoms with Crippen molar-refractivity contribution in [2.24, 2.45) is 14.1 Å². The summed E-state index contributed by atoms with van der Waals surface area (Å²) in [6.45, 7) is 0. The van der Waals surface area contributed by atoms with Crippen molar-refractivity contribution in [2.75, 3.05) is 6.26 Å². The van der Waals surface area contributed by atoms with Crippen LogP contribution in [0.1, 0.15) is 40.5 Å². The van der Waals surface area contributed by atoms with Crippen LogP contribution in [0, 0.1) is 0 Å². The molecule has 1 fully saturated rings. The van der Waals surface area contributed by atoms with Gasteiger partial charge in [-0.2, -0.15) is 5.10 Å². The van der Waals surface area contributed by atoms with Gasteiger partial charge in [-0.15, -0.1) is 0 Å². The molecule has 0 spiro atoms. The van der Waals surface area contributed by atoms with Crippen molar-refractivity contribution in [3.8, 4) is 11.1 Å². The van der Waals surface area contributed by atoms with Crippen molar-refractivity contribution in [1.29, 1.82) is 0 Å². The number of sulfone groups is 1. The lowest BCUT2D eigenvalue weighted by Crippen LogP contribution is -2.07. The van der Waals surface area contributed by atoms with Gasteiger partial charge in [-0.3, -0.25) is 4.68 Å². The van der Waals surface area contributed by atoms with Crippen molar-refractivity contribution in [2.45, 2.75) is 24.5 Å². The van der Waals surface area contributed by atoms with Gasteiger partial charge in [0.05, 0.1) is 22.5 Å². The van der Waals surface area contributed by atoms with Gasteiger partial charge in [-0.25, -0.2) is 13.2 Å². The Hall–Kier alpha value is -2.32. The van der Waals surface area contributed by atoms with Gasteiger partial charge in [-0.05, 0) is 30.0 Å². The average molecular weight is 422 g/mol. The second kappa shape index (κ2) is 6.35. The molecule has 1 N–H and O–H groups in total. The summed E-state index contributed by atoms with van der Waals surface area (Å²) in [5.41, 5.74) is 4.31. The molecule has 0 saturated heterocycles. The van der Waals surface area contributed by atoms with Gasteiger partial charge >= 0.3 is 5.97 Å². The number of fused-ring (bicyclic) bond motifs is 1. The van der Waals surface area contributed by atoms with Crippen LogP contribution in [-0.2, 0) is 29.7 Å². The first kappa shape index (κ1) is 19.0. The third kappa shape index (κ3) is 3.10. The van der Waals surface area contributed by atoms with Gasteiger partial charge in [0.2, 0.25) is 0 Å². The van der Waals surface area contributed by atoms with Crippen LogP contribution < -0.4 is 0 Å². The predicted octanol–water partition coefficient (Wildman–Crippen LogP) is 3.35. The van der Waals surface area contributed by atoms with Gasteiger partial charge in [0.25, 0.3) is 0 Å². The number of rotatable bonds is 5. The average Bonchev–Trinajstić information content (AvgIpc) is 3.29. The molecule has 0 aliphatic heterocycles. The number of carbonyl (C=O) groups is 1. The highest BCUT2D eigenvalue weighted by Crippen LogP contribution is 2.45. The number of halogens is 1. The molecular weight excluding hydrogens is 402 g/mol. The van der Waals surface area contributed by atoms with E-state index >= 15 is 0 Å². The van der Waals surface area contributed by atoms with Crippen molar-refractivity contribution < 1.29 is 18.3 Å². The fraction of sp³-hybridized carbons (Fsp3) is 0.368. The number of aromatic carboxylic acids is 1. The van der Waals surface area contributed by atoms with Crippen LogP contribution in [0.3, 0.4) is 0 Å². The molecule has 4 rings (SSSR count). The van der Waals surface area contributed by atoms with Crippen molar-refractivity contribution in [3.05, 3.63) is 40.2 Å². The fourth-order valence-corrected chi connectivity index (χ4v) is 4.94. The maximum Gasteiger partial charge on any atom is 0.353 e. The highest BCUT2D eigenvalue weighted by atomic mass is 35.5. The molecule has 1 aliphatic carbocycles. The summed E-state index contributed by atoms with van der Waals surface area (Å²) < 4.78 is 26.6. The van der Waals surface area contributed by atoms with E-state index in [9.17, 15) is 18.3 Å². The minimum absolute atomic E-state index is 0.164. The molecule has 0 radical (unpaired) electrons. The lowest BCUT2D eigenvalue weighted by atomic mass is 10.0. The molecule has 1 aromatic carbocycles. The van der Waals surface area contributed by atoms with E-state index in [4.69, 9.17) is 11.6 Å². The van der Waals surface area contributed by atoms with E-state index in [1.165, 1.54) is 0 Å². The zero-order valence-electron chi connectivity index (χ0n) is 15.7. The standard InChI is InChI=1S/C19H20ClN3O4S/c1-22-17(19(24)25)14(16-18(22)15(10-4-5-10)21-23(16)2)11-6-7-12(13(20)8-11)9-28(3,26)27/h6-8,10H,4-5,9H2,1-3H3,(H,24,25). The van der Waals surface area contributed by atoms with E-state index in [0.717, 1.165) is 35.8 Å². The van der Waals surface area contributed by atoms with Crippen molar-refractivity contribution >= 4 is 38.4 Å². The first-order chi connectivity index (χ1) is 13.1. The number of benzene rings is 1. The number of aromatic nitrogens is 3. The lowest BCUT2D eigenvalue weighted by molar-refractivity contribution is 0.0688. The summed E-state index contributed by atoms with van der Waals surface area (Å²) >= 11 is 6.34. The summed E-state index contributed by atoms with van der Waals surface area (Å²) in [6, 6.07) is 4.99. The normalized spacial score (nSPS) is 14.7. The zero-order chi connectivity index (χ0) is 20.4. The second-order valence-electron chi connectivity index (χ2n) is 7.44. The highest BCUT2D eigenvalue weighted by molar-refractivity contribution is 7.89. The Morgan fingerprint density at radius 2 is 1.96 bits per heavy atom. The first-order valence-corrected chi connectivity index (χ1v) is 11.3. The summed E-state index contributed by atoms with van der Waals surface area (Å²) in [4.78, 5) is 12.1. The van der Waals surface area contributed by atoms with E-state index in [1.54, 1.807) is 34.5 Å². The van der Waals surface area contributed by atoms with Crippen LogP contribution in [0.25, 0.3) is 22.2 Å². The molecule has 0 amide bonds. The molecule has 2 aromatic heterocycles. The molecule has 0 bridgehead atoms. The molecule has 0 atom stereocenters. The third-order valence-electron chi connectivity index (χ3n) is 5.12. The number of aryl methyl sites for hydroxylation is 2. The molecule has 148 valence electrons. The maximum atomic E-state index is 12.1. The van der Waals surface area contributed by atoms with Gasteiger partial charge < -0.3 is 9.67 Å². The van der Waals surface area contributed by atoms with Gasteiger partial charge in [0, 0.05) is 36.9 Å². The summed E-state index contributed by atoms with van der Waals surface area (Å²) in [7, 11) is 0.315. The largest absolute Gasteiger partial charge is 0.477 e. The molecule has 9 heteroatoms. The van der Waals surface area contributed by atoms with Crippen molar-refractivity contribution in [1.82, 2.24) is 14.3 Å². The quantitative estimate of drug-likeness (QED) is 0.681. The van der Waals surface area contributed by atoms with Crippen LogP contribution in [0.5, 0.6) is 0 Å². The maximum absolute atomic E-state index is 12.1. The second-order valence-corrected chi connectivity index (χ2v) is 9.99. The number of carboxylic acid groups (broad SMARTS) is 1. The van der Waals surface area contributed by atoms with Crippen LogP contribution in [-0.4, -0.2) is 40.1 Å². The summed E-state index contributed by atoms with van der Waals surface area (Å²) in [6.07, 6.45) is 3.26. The van der Waals surface area contributed by atoms with E-state index in [0.29, 0.717) is 27.6 Å². The molecule has 3 aromatic rings. The molecule has 28 heavy (non-hydrogen) atoms. The van der Waals surface area contributed by atoms with Gasteiger partial charge in [0.1, 0.15) is 5.69 Å². The Balaban J connectivity index is 1.97. The molecule has 7 nitrogen and oxygen atoms in total. The van der Waals surface area contributed by atoms with E-state index < -0.39 is 15.8 Å². The molecular formula is C19H20ClN3O4S. The minimum atomic E-state index is -3.23. The van der Waals surface area contributed by atoms with Gasteiger partial charge in [0.15, 0.2) is 9.84 Å². The molecule has 1 aliphatic rings. The number of hydrogen-bond acceptors (Lipinski definition) is 4. The van der Waals surface area contributed by atoms with Crippen LogP contribution in [0.15, 0.2) is 18.2 Å². The topological polar surface area (TPSA) is 94.2 Å². The SMILES string of the molecule is Cn1nc(C2CC2)c2c1c(-c1ccc(CS(C)(=O)=O)c(Cl)c1)c(C(=O)O)n2C. The molecule has 1 saturated carbocycles. The zero-order valence-corrected chi connectivity index (χ0v) is 17.3. The van der Waals surface area contributed by atoms with E-state index in [-0.39, 0.29) is 11.4 Å². The Morgan fingerprint density at radius 1 is 1.29 bits per heavy atom. The minimum Gasteiger partial charge on any atom is -0.477 e. The highest BCUT2D eigenvalue weighted by Gasteiger charge is 2.34. The number of nitrogens with zero attached hydrogens (tertiary/aromatic N) is 3. The lowest BCUT2D eigenvalue weighted by Gasteiger charge is -2.09. The number of carboxylic acids is 1. The summed E-state index contributed by atoms with van der Waals surface area (Å²) in [5.74, 6) is -0.834. The number of hydrogen-bond donors (Lipinski definition) is 1. The first-order valence-electron chi connectivity index (χ1n) is 8.83. The van der Waals surface area contributed by atoms with Crippen LogP contribution in [0.2, 0.25) is 5.02 Å². The Labute approximate surface area is 167 Å². The Bertz CT molecular complexity index is 1240. The Kier molecular flexibility index (Phi) is 4.31. The van der Waals surface area contributed by atoms with E-state index in [2.05, 4.69) is 5.10 Å². The van der Waals surface area contributed by atoms with Gasteiger partial charge in [-0.1, -0.05) is 23.7 Å². The Morgan fingerprint density at radius 3 is 2.50 bits per heavy atom. The fourth-order valence-electron chi connectivity index (χ4n) is 3.79. The molecule has 0 unspecified atom stereocenters. The van der Waals surface area contributed by atoms with Crippen LogP contribution >= 0.6 is 11.6 Å². The van der Waals surface area contributed by atoms with Crippen molar-refractivity contribution in [3.63, 3.8) is 0 Å². The summed E-state index contributed by atoms with van der Waals surface area (Å²) in [5, 5.41) is 14.8. The monoisotopic (exact) mass is 421 g/mol. The third-order valence-corrected chi connectivity index (χ3v) is 6.31.